The van der Waals surface area contributed by atoms with Gasteiger partial charge in [0.05, 0.1) is 12.1 Å². The second-order valence-electron chi connectivity index (χ2n) is 7.25. The standard InChI is InChI=1S/C22H26N4O3S/c1-15-16(2)30-22(20(15)21(23)29)24-18(27)14-25-10-12-26(13-11-25)19(28)9-8-17-6-4-3-5-7-17/h3-9H,10-14H2,1-2H3,(H2,23,29)(H,24,27). The average molecular weight is 427 g/mol. The molecule has 1 aliphatic rings. The molecule has 0 aliphatic carbocycles. The van der Waals surface area contributed by atoms with Crippen molar-refractivity contribution in [2.75, 3.05) is 38.0 Å². The Balaban J connectivity index is 1.49. The predicted molar refractivity (Wildman–Crippen MR) is 119 cm³/mol. The van der Waals surface area contributed by atoms with Crippen molar-refractivity contribution in [3.05, 3.63) is 58.0 Å². The van der Waals surface area contributed by atoms with E-state index in [-0.39, 0.29) is 18.4 Å². The van der Waals surface area contributed by atoms with Crippen molar-refractivity contribution >= 4 is 40.1 Å². The van der Waals surface area contributed by atoms with Gasteiger partial charge in [0.1, 0.15) is 5.00 Å². The Morgan fingerprint density at radius 1 is 1.10 bits per heavy atom. The molecule has 2 aromatic rings. The van der Waals surface area contributed by atoms with Crippen LogP contribution in [0.3, 0.4) is 0 Å². The molecule has 3 rings (SSSR count). The number of hydrogen-bond donors (Lipinski definition) is 2. The summed E-state index contributed by atoms with van der Waals surface area (Å²) in [6.45, 7) is 6.28. The summed E-state index contributed by atoms with van der Waals surface area (Å²) < 4.78 is 0. The first kappa shape index (κ1) is 21.7. The van der Waals surface area contributed by atoms with Crippen LogP contribution in [0.1, 0.15) is 26.4 Å². The summed E-state index contributed by atoms with van der Waals surface area (Å²) in [7, 11) is 0. The molecule has 3 N–H and O–H groups in total. The van der Waals surface area contributed by atoms with Gasteiger partial charge in [-0.3, -0.25) is 19.3 Å². The van der Waals surface area contributed by atoms with Crippen LogP contribution < -0.4 is 11.1 Å². The third-order valence-electron chi connectivity index (χ3n) is 5.15. The van der Waals surface area contributed by atoms with Crippen molar-refractivity contribution in [2.24, 2.45) is 5.73 Å². The molecule has 1 aromatic heterocycles. The van der Waals surface area contributed by atoms with E-state index >= 15 is 0 Å². The Labute approximate surface area is 180 Å². The molecular formula is C22H26N4O3S. The molecule has 0 bridgehead atoms. The molecular weight excluding hydrogens is 400 g/mol. The third-order valence-corrected chi connectivity index (χ3v) is 6.28. The van der Waals surface area contributed by atoms with Crippen LogP contribution in [0.4, 0.5) is 5.00 Å². The molecule has 0 atom stereocenters. The van der Waals surface area contributed by atoms with E-state index in [1.165, 1.54) is 11.3 Å². The number of hydrogen-bond acceptors (Lipinski definition) is 5. The highest BCUT2D eigenvalue weighted by Crippen LogP contribution is 2.31. The first-order chi connectivity index (χ1) is 14.3. The molecule has 7 nitrogen and oxygen atoms in total. The molecule has 0 spiro atoms. The number of nitrogens with one attached hydrogen (secondary N) is 1. The zero-order valence-corrected chi connectivity index (χ0v) is 18.0. The van der Waals surface area contributed by atoms with Crippen LogP contribution in [0.15, 0.2) is 36.4 Å². The molecule has 8 heteroatoms. The minimum absolute atomic E-state index is 0.0291. The highest BCUT2D eigenvalue weighted by Gasteiger charge is 2.23. The molecule has 0 saturated carbocycles. The molecule has 3 amide bonds. The van der Waals surface area contributed by atoms with Crippen LogP contribution in [0.25, 0.3) is 6.08 Å². The first-order valence-corrected chi connectivity index (χ1v) is 10.6. The second-order valence-corrected chi connectivity index (χ2v) is 8.47. The Morgan fingerprint density at radius 3 is 2.40 bits per heavy atom. The fourth-order valence-corrected chi connectivity index (χ4v) is 4.43. The number of carbonyl (C=O) groups excluding carboxylic acids is 3. The number of anilines is 1. The van der Waals surface area contributed by atoms with Gasteiger partial charge in [-0.05, 0) is 31.1 Å². The van der Waals surface area contributed by atoms with Gasteiger partial charge in [-0.1, -0.05) is 30.3 Å². The van der Waals surface area contributed by atoms with Crippen molar-refractivity contribution in [2.45, 2.75) is 13.8 Å². The van der Waals surface area contributed by atoms with Crippen molar-refractivity contribution < 1.29 is 14.4 Å². The smallest absolute Gasteiger partial charge is 0.251 e. The SMILES string of the molecule is Cc1sc(NC(=O)CN2CCN(C(=O)C=Cc3ccccc3)CC2)c(C(N)=O)c1C. The summed E-state index contributed by atoms with van der Waals surface area (Å²) in [4.78, 5) is 41.3. The normalized spacial score (nSPS) is 14.8. The largest absolute Gasteiger partial charge is 0.365 e. The van der Waals surface area contributed by atoms with Gasteiger partial charge in [-0.2, -0.15) is 0 Å². The lowest BCUT2D eigenvalue weighted by Gasteiger charge is -2.33. The van der Waals surface area contributed by atoms with Crippen molar-refractivity contribution in [1.82, 2.24) is 9.80 Å². The highest BCUT2D eigenvalue weighted by atomic mass is 32.1. The molecule has 1 aliphatic heterocycles. The summed E-state index contributed by atoms with van der Waals surface area (Å²) >= 11 is 1.36. The summed E-state index contributed by atoms with van der Waals surface area (Å²) in [6.07, 6.45) is 3.40. The molecule has 1 fully saturated rings. The predicted octanol–water partition coefficient (Wildman–Crippen LogP) is 2.26. The van der Waals surface area contributed by atoms with Crippen molar-refractivity contribution in [3.8, 4) is 0 Å². The number of benzene rings is 1. The van der Waals surface area contributed by atoms with Crippen LogP contribution >= 0.6 is 11.3 Å². The maximum atomic E-state index is 12.5. The molecule has 158 valence electrons. The quantitative estimate of drug-likeness (QED) is 0.693. The van der Waals surface area contributed by atoms with E-state index in [1.54, 1.807) is 11.0 Å². The van der Waals surface area contributed by atoms with E-state index in [4.69, 9.17) is 5.73 Å². The number of aryl methyl sites for hydroxylation is 1. The lowest BCUT2D eigenvalue weighted by Crippen LogP contribution is -2.50. The number of thiophene rings is 1. The fraction of sp³-hybridized carbons (Fsp3) is 0.318. The van der Waals surface area contributed by atoms with E-state index in [0.29, 0.717) is 36.7 Å². The number of nitrogens with zero attached hydrogens (tertiary/aromatic N) is 2. The van der Waals surface area contributed by atoms with Crippen molar-refractivity contribution in [1.29, 1.82) is 0 Å². The lowest BCUT2D eigenvalue weighted by molar-refractivity contribution is -0.127. The van der Waals surface area contributed by atoms with Crippen LogP contribution in [-0.4, -0.2) is 60.2 Å². The number of piperazine rings is 1. The zero-order chi connectivity index (χ0) is 21.7. The minimum Gasteiger partial charge on any atom is -0.365 e. The van der Waals surface area contributed by atoms with Crippen molar-refractivity contribution in [3.63, 3.8) is 0 Å². The summed E-state index contributed by atoms with van der Waals surface area (Å²) in [5, 5.41) is 3.32. The Kier molecular flexibility index (Phi) is 7.02. The zero-order valence-electron chi connectivity index (χ0n) is 17.2. The third kappa shape index (κ3) is 5.34. The number of rotatable bonds is 6. The van der Waals surface area contributed by atoms with Gasteiger partial charge >= 0.3 is 0 Å². The highest BCUT2D eigenvalue weighted by molar-refractivity contribution is 7.16. The second kappa shape index (κ2) is 9.69. The molecule has 0 unspecified atom stereocenters. The van der Waals surface area contributed by atoms with Crippen LogP contribution in [0, 0.1) is 13.8 Å². The minimum atomic E-state index is -0.539. The molecule has 0 radical (unpaired) electrons. The van der Waals surface area contributed by atoms with E-state index < -0.39 is 5.91 Å². The van der Waals surface area contributed by atoms with Crippen LogP contribution in [0.2, 0.25) is 0 Å². The van der Waals surface area contributed by atoms with E-state index in [9.17, 15) is 14.4 Å². The molecule has 2 heterocycles. The lowest BCUT2D eigenvalue weighted by atomic mass is 10.1. The van der Waals surface area contributed by atoms with Gasteiger partial charge < -0.3 is 16.0 Å². The molecule has 1 aromatic carbocycles. The topological polar surface area (TPSA) is 95.7 Å². The van der Waals surface area contributed by atoms with Gasteiger partial charge in [0.15, 0.2) is 0 Å². The van der Waals surface area contributed by atoms with Gasteiger partial charge in [0, 0.05) is 37.1 Å². The maximum absolute atomic E-state index is 12.5. The first-order valence-electron chi connectivity index (χ1n) is 9.79. The number of primary amides is 1. The van der Waals surface area contributed by atoms with Crippen LogP contribution in [0.5, 0.6) is 0 Å². The van der Waals surface area contributed by atoms with Crippen LogP contribution in [-0.2, 0) is 9.59 Å². The Hall–Kier alpha value is -2.97. The van der Waals surface area contributed by atoms with E-state index in [0.717, 1.165) is 16.0 Å². The fourth-order valence-electron chi connectivity index (χ4n) is 3.34. The van der Waals surface area contributed by atoms with Gasteiger partial charge in [0.25, 0.3) is 5.91 Å². The molecule has 30 heavy (non-hydrogen) atoms. The summed E-state index contributed by atoms with van der Waals surface area (Å²) in [5.41, 5.74) is 7.62. The Bertz CT molecular complexity index is 960. The van der Waals surface area contributed by atoms with E-state index in [1.807, 2.05) is 55.2 Å². The maximum Gasteiger partial charge on any atom is 0.251 e. The summed E-state index contributed by atoms with van der Waals surface area (Å²) in [5.74, 6) is -0.760. The Morgan fingerprint density at radius 2 is 1.77 bits per heavy atom. The van der Waals surface area contributed by atoms with Gasteiger partial charge in [-0.15, -0.1) is 11.3 Å². The van der Waals surface area contributed by atoms with Gasteiger partial charge in [0.2, 0.25) is 11.8 Å². The van der Waals surface area contributed by atoms with E-state index in [2.05, 4.69) is 5.32 Å². The van der Waals surface area contributed by atoms with Gasteiger partial charge in [-0.25, -0.2) is 0 Å². The molecule has 1 saturated heterocycles. The summed E-state index contributed by atoms with van der Waals surface area (Å²) in [6, 6.07) is 9.68. The number of amides is 3. The number of nitrogens with two attached hydrogens (primary N) is 1. The average Bonchev–Trinajstić information content (AvgIpc) is 3.00. The monoisotopic (exact) mass is 426 g/mol. The number of carbonyl (C=O) groups is 3.